The van der Waals surface area contributed by atoms with E-state index in [2.05, 4.69) is 232 Å². The summed E-state index contributed by atoms with van der Waals surface area (Å²) in [4.78, 5) is 0. The van der Waals surface area contributed by atoms with E-state index in [4.69, 9.17) is 4.74 Å². The summed E-state index contributed by atoms with van der Waals surface area (Å²) in [5, 5.41) is 26.0. The highest BCUT2D eigenvalue weighted by Crippen LogP contribution is 2.40. The molecule has 1 aliphatic rings. The topological polar surface area (TPSA) is 64.5 Å². The van der Waals surface area contributed by atoms with Crippen LogP contribution in [0.25, 0.3) is 116 Å². The van der Waals surface area contributed by atoms with Gasteiger partial charge in [0.25, 0.3) is 0 Å². The molecule has 0 unspecified atom stereocenters. The number of hydrogen-bond donors (Lipinski definition) is 2. The van der Waals surface area contributed by atoms with Crippen LogP contribution in [0.15, 0.2) is 267 Å². The van der Waals surface area contributed by atoms with Crippen LogP contribution in [0.5, 0.6) is 0 Å². The van der Waals surface area contributed by atoms with Gasteiger partial charge in [-0.15, -0.1) is 0 Å². The first-order valence-electron chi connectivity index (χ1n) is 27.5. The second kappa shape index (κ2) is 24.8. The van der Waals surface area contributed by atoms with Gasteiger partial charge >= 0.3 is 7.12 Å². The number of benzene rings is 11. The smallest absolute Gasteiger partial charge is 0.423 e. The van der Waals surface area contributed by atoms with Gasteiger partial charge in [-0.05, 0) is 143 Å². The summed E-state index contributed by atoms with van der Waals surface area (Å²) in [5.41, 5.74) is 18.2. The van der Waals surface area contributed by atoms with Crippen LogP contribution in [-0.2, 0) is 4.74 Å². The number of hydrogen-bond acceptors (Lipinski definition) is 3. The van der Waals surface area contributed by atoms with E-state index in [1.807, 2.05) is 56.3 Å². The molecular weight excluding hydrogens is 997 g/mol. The molecular formula is C73H65BFN3O3. The van der Waals surface area contributed by atoms with Gasteiger partial charge in [-0.25, -0.2) is 0 Å². The molecule has 0 spiro atoms. The maximum atomic E-state index is 9.43. The summed E-state index contributed by atoms with van der Waals surface area (Å²) >= 11 is 0. The van der Waals surface area contributed by atoms with E-state index in [1.165, 1.54) is 95.5 Å². The predicted molar refractivity (Wildman–Crippen MR) is 343 cm³/mol. The molecule has 0 aliphatic carbocycles. The molecule has 1 aliphatic heterocycles. The Hall–Kier alpha value is -9.31. The van der Waals surface area contributed by atoms with Gasteiger partial charge < -0.3 is 28.5 Å². The predicted octanol–water partition coefficient (Wildman–Crippen LogP) is 18.0. The van der Waals surface area contributed by atoms with Crippen LogP contribution in [0.1, 0.15) is 34.1 Å². The minimum absolute atomic E-state index is 0. The van der Waals surface area contributed by atoms with Crippen molar-refractivity contribution < 1.29 is 19.5 Å². The van der Waals surface area contributed by atoms with E-state index in [0.717, 1.165) is 46.4 Å². The molecule has 81 heavy (non-hydrogen) atoms. The van der Waals surface area contributed by atoms with E-state index >= 15 is 0 Å². The Morgan fingerprint density at radius 3 is 1.01 bits per heavy atom. The Bertz CT molecular complexity index is 4370. The second-order valence-corrected chi connectivity index (χ2v) is 19.7. The van der Waals surface area contributed by atoms with Gasteiger partial charge in [0.2, 0.25) is 0 Å². The highest BCUT2D eigenvalue weighted by atomic mass is 19.0. The van der Waals surface area contributed by atoms with Crippen molar-refractivity contribution in [1.29, 1.82) is 0 Å². The average molecular weight is 1060 g/mol. The molecule has 0 saturated carbocycles. The van der Waals surface area contributed by atoms with Crippen LogP contribution < -0.4 is 5.46 Å². The lowest BCUT2D eigenvalue weighted by Crippen LogP contribution is -2.29. The molecule has 0 atom stereocenters. The summed E-state index contributed by atoms with van der Waals surface area (Å²) < 4.78 is 11.9. The summed E-state index contributed by atoms with van der Waals surface area (Å²) in [6.45, 7) is 6.00. The highest BCUT2D eigenvalue weighted by molar-refractivity contribution is 6.59. The molecule has 0 radical (unpaired) electrons. The lowest BCUT2D eigenvalue weighted by atomic mass is 9.80. The Kier molecular flexibility index (Phi) is 16.8. The fraction of sp³-hybridized carbons (Fsp3) is 0.0959. The molecule has 6 nitrogen and oxygen atoms in total. The largest absolute Gasteiger partial charge is 0.488 e. The quantitative estimate of drug-likeness (QED) is 0.156. The lowest BCUT2D eigenvalue weighted by Gasteiger charge is -2.10. The molecule has 8 heteroatoms. The Morgan fingerprint density at radius 2 is 0.605 bits per heavy atom. The number of rotatable bonds is 7. The van der Waals surface area contributed by atoms with E-state index < -0.39 is 7.12 Å². The van der Waals surface area contributed by atoms with Crippen LogP contribution in [0.2, 0.25) is 0 Å². The Labute approximate surface area is 473 Å². The summed E-state index contributed by atoms with van der Waals surface area (Å²) in [6.07, 6.45) is 2.56. The number of nitrogens with zero attached hydrogens (tertiary/aromatic N) is 3. The third kappa shape index (κ3) is 10.8. The van der Waals surface area contributed by atoms with E-state index in [1.54, 1.807) is 6.07 Å². The molecule has 14 aromatic rings. The zero-order valence-electron chi connectivity index (χ0n) is 44.9. The van der Waals surface area contributed by atoms with Crippen molar-refractivity contribution in [3.63, 3.8) is 0 Å². The van der Waals surface area contributed by atoms with Crippen LogP contribution in [0.4, 0.5) is 4.70 Å². The van der Waals surface area contributed by atoms with Gasteiger partial charge in [0.15, 0.2) is 0 Å². The van der Waals surface area contributed by atoms with Crippen LogP contribution in [0, 0.1) is 0 Å². The minimum Gasteiger partial charge on any atom is -0.423 e. The van der Waals surface area contributed by atoms with Gasteiger partial charge in [-0.3, -0.25) is 4.70 Å². The molecule has 3 aromatic heterocycles. The first kappa shape index (κ1) is 55.0. The SMILES string of the molecule is C.C1CCOC1.CC.F.OB(O)c1ccc2c(c1)c1ccccc1n2-c1ccccc1.c1ccc(-c2ccc(-n3c4ccc(-c5ccccc5)cc4c4cc(-c5ccc6c(c5)c5ccccc5n6-c5ccccc5)ccc43)cc2)cc1. The van der Waals surface area contributed by atoms with Crippen molar-refractivity contribution in [1.82, 2.24) is 13.7 Å². The van der Waals surface area contributed by atoms with E-state index in [9.17, 15) is 10.0 Å². The second-order valence-electron chi connectivity index (χ2n) is 19.7. The summed E-state index contributed by atoms with van der Waals surface area (Å²) in [6, 6.07) is 94.3. The van der Waals surface area contributed by atoms with Gasteiger partial charge in [0.1, 0.15) is 0 Å². The Balaban J connectivity index is 0.000000197. The summed E-state index contributed by atoms with van der Waals surface area (Å²) in [7, 11) is -1.46. The van der Waals surface area contributed by atoms with Gasteiger partial charge in [0.05, 0.1) is 33.1 Å². The van der Waals surface area contributed by atoms with Crippen LogP contribution >= 0.6 is 0 Å². The van der Waals surface area contributed by atoms with Crippen molar-refractivity contribution in [2.75, 3.05) is 13.2 Å². The van der Waals surface area contributed by atoms with Crippen LogP contribution in [-0.4, -0.2) is 44.1 Å². The first-order valence-corrected chi connectivity index (χ1v) is 27.5. The number of para-hydroxylation sites is 4. The van der Waals surface area contributed by atoms with Gasteiger partial charge in [0, 0.05) is 62.6 Å². The Morgan fingerprint density at radius 1 is 0.309 bits per heavy atom. The van der Waals surface area contributed by atoms with Gasteiger partial charge in [-0.2, -0.15) is 0 Å². The van der Waals surface area contributed by atoms with Crippen molar-refractivity contribution in [3.8, 4) is 50.4 Å². The lowest BCUT2D eigenvalue weighted by molar-refractivity contribution is 0.198. The van der Waals surface area contributed by atoms with Gasteiger partial charge in [-0.1, -0.05) is 197 Å². The third-order valence-corrected chi connectivity index (χ3v) is 15.0. The molecule has 2 N–H and O–H groups in total. The maximum absolute atomic E-state index is 9.43. The number of ether oxygens (including phenoxy) is 1. The van der Waals surface area contributed by atoms with Crippen molar-refractivity contribution in [3.05, 3.63) is 267 Å². The number of fused-ring (bicyclic) bond motifs is 9. The molecule has 15 rings (SSSR count). The highest BCUT2D eigenvalue weighted by Gasteiger charge is 2.19. The first-order chi connectivity index (χ1) is 39.1. The monoisotopic (exact) mass is 1060 g/mol. The molecule has 1 fully saturated rings. The standard InChI is InChI=1S/C48H32N2.C18H14BNO2.C4H8O.C2H6.CH4.FH/c1-4-12-33(13-5-1)35-20-25-40(26-21-35)50-47-27-22-36(34-14-6-2-7-15-34)30-43(47)44-32-38(24-29-48(44)50)37-23-28-46-42(31-37)41-18-10-11-19-45(41)49(46)39-16-8-3-9-17-39;21-19(22)13-10-11-18-16(12-13)15-8-4-5-9-17(15)20(18)14-6-2-1-3-7-14;1-2-4-5-3-1;1-2;;/h1-32H;1-12,21-22H;1-4H2;1-2H3;1H4;1H. The van der Waals surface area contributed by atoms with Crippen molar-refractivity contribution >= 4 is 78.0 Å². The third-order valence-electron chi connectivity index (χ3n) is 15.0. The molecule has 0 amide bonds. The normalized spacial score (nSPS) is 11.8. The molecule has 4 heterocycles. The zero-order valence-corrected chi connectivity index (χ0v) is 44.9. The van der Waals surface area contributed by atoms with E-state index in [0.29, 0.717) is 5.46 Å². The fourth-order valence-corrected chi connectivity index (χ4v) is 11.2. The number of halogens is 1. The fourth-order valence-electron chi connectivity index (χ4n) is 11.2. The number of aromatic nitrogens is 3. The van der Waals surface area contributed by atoms with Crippen molar-refractivity contribution in [2.24, 2.45) is 0 Å². The maximum Gasteiger partial charge on any atom is 0.488 e. The molecule has 0 bridgehead atoms. The van der Waals surface area contributed by atoms with Crippen molar-refractivity contribution in [2.45, 2.75) is 34.1 Å². The minimum atomic E-state index is -1.46. The summed E-state index contributed by atoms with van der Waals surface area (Å²) in [5.74, 6) is 0. The molecule has 400 valence electrons. The molecule has 11 aromatic carbocycles. The molecule has 1 saturated heterocycles. The van der Waals surface area contributed by atoms with Crippen LogP contribution in [0.3, 0.4) is 0 Å². The zero-order chi connectivity index (χ0) is 53.7. The average Bonchev–Trinajstić information content (AvgIpc) is 4.22. The van der Waals surface area contributed by atoms with E-state index in [-0.39, 0.29) is 12.1 Å².